The van der Waals surface area contributed by atoms with Gasteiger partial charge in [0.25, 0.3) is 0 Å². The molecule has 1 amide bonds. The molecule has 7 heteroatoms. The summed E-state index contributed by atoms with van der Waals surface area (Å²) in [5.41, 5.74) is 1.89. The molecule has 0 radical (unpaired) electrons. The van der Waals surface area contributed by atoms with Crippen LogP contribution in [0.3, 0.4) is 0 Å². The number of hydrogen-bond acceptors (Lipinski definition) is 6. The highest BCUT2D eigenvalue weighted by molar-refractivity contribution is 5.93. The number of carbonyl (C=O) groups excluding carboxylic acids is 1. The Morgan fingerprint density at radius 3 is 2.71 bits per heavy atom. The van der Waals surface area contributed by atoms with E-state index in [0.717, 1.165) is 45.6 Å². The molecule has 1 aromatic heterocycles. The summed E-state index contributed by atoms with van der Waals surface area (Å²) in [6, 6.07) is 11.5. The van der Waals surface area contributed by atoms with E-state index in [4.69, 9.17) is 9.78 Å². The third-order valence-electron chi connectivity index (χ3n) is 5.12. The van der Waals surface area contributed by atoms with Gasteiger partial charge in [0.05, 0.1) is 17.7 Å². The molecular formula is C21H27N5O2. The first-order valence-electron chi connectivity index (χ1n) is 9.78. The molecule has 0 saturated carbocycles. The molecule has 148 valence electrons. The summed E-state index contributed by atoms with van der Waals surface area (Å²) in [5, 5.41) is 15.6. The molecule has 2 heterocycles. The average molecular weight is 381 g/mol. The van der Waals surface area contributed by atoms with Crippen molar-refractivity contribution < 1.29 is 9.32 Å². The Kier molecular flexibility index (Phi) is 6.80. The maximum Gasteiger partial charge on any atom is 0.242 e. The second-order valence-corrected chi connectivity index (χ2v) is 7.21. The molecule has 7 nitrogen and oxygen atoms in total. The molecule has 1 atom stereocenters. The Bertz CT molecular complexity index is 824. The van der Waals surface area contributed by atoms with Gasteiger partial charge in [0.15, 0.2) is 5.82 Å². The Hall–Kier alpha value is -2.69. The van der Waals surface area contributed by atoms with E-state index in [0.29, 0.717) is 17.1 Å². The SMILES string of the molecule is CCC(C(=O)Nc1cc(C)on1)N1CCCN(Cc2ccc(C#N)cc2)CC1. The predicted octanol–water partition coefficient (Wildman–Crippen LogP) is 2.78. The van der Waals surface area contributed by atoms with Gasteiger partial charge in [-0.1, -0.05) is 24.2 Å². The van der Waals surface area contributed by atoms with Crippen molar-refractivity contribution in [3.8, 4) is 6.07 Å². The summed E-state index contributed by atoms with van der Waals surface area (Å²) < 4.78 is 5.03. The number of nitriles is 1. The van der Waals surface area contributed by atoms with E-state index in [1.807, 2.05) is 31.2 Å². The number of aromatic nitrogens is 1. The summed E-state index contributed by atoms with van der Waals surface area (Å²) in [6.07, 6.45) is 1.77. The molecule has 1 saturated heterocycles. The number of anilines is 1. The highest BCUT2D eigenvalue weighted by Crippen LogP contribution is 2.15. The van der Waals surface area contributed by atoms with Crippen molar-refractivity contribution in [2.24, 2.45) is 0 Å². The number of nitrogens with one attached hydrogen (secondary N) is 1. The normalized spacial score (nSPS) is 16.9. The van der Waals surface area contributed by atoms with E-state index in [9.17, 15) is 4.79 Å². The van der Waals surface area contributed by atoms with Crippen LogP contribution in [-0.4, -0.2) is 53.1 Å². The van der Waals surface area contributed by atoms with Gasteiger partial charge in [-0.3, -0.25) is 14.6 Å². The van der Waals surface area contributed by atoms with Crippen molar-refractivity contribution in [1.29, 1.82) is 5.26 Å². The van der Waals surface area contributed by atoms with Crippen LogP contribution in [0, 0.1) is 18.3 Å². The van der Waals surface area contributed by atoms with Crippen molar-refractivity contribution in [3.63, 3.8) is 0 Å². The first-order valence-corrected chi connectivity index (χ1v) is 9.78. The van der Waals surface area contributed by atoms with E-state index in [1.54, 1.807) is 13.0 Å². The van der Waals surface area contributed by atoms with Gasteiger partial charge in [-0.15, -0.1) is 0 Å². The first kappa shape index (κ1) is 20.1. The van der Waals surface area contributed by atoms with Crippen molar-refractivity contribution in [1.82, 2.24) is 15.0 Å². The average Bonchev–Trinajstić information content (AvgIpc) is 2.96. The van der Waals surface area contributed by atoms with Gasteiger partial charge in [0.2, 0.25) is 5.91 Å². The van der Waals surface area contributed by atoms with Gasteiger partial charge in [0.1, 0.15) is 5.76 Å². The number of carbonyl (C=O) groups is 1. The lowest BCUT2D eigenvalue weighted by atomic mass is 10.1. The van der Waals surface area contributed by atoms with Gasteiger partial charge >= 0.3 is 0 Å². The molecule has 1 unspecified atom stereocenters. The van der Waals surface area contributed by atoms with Crippen LogP contribution < -0.4 is 5.32 Å². The zero-order valence-corrected chi connectivity index (χ0v) is 16.5. The highest BCUT2D eigenvalue weighted by Gasteiger charge is 2.27. The smallest absolute Gasteiger partial charge is 0.242 e. The van der Waals surface area contributed by atoms with Crippen LogP contribution in [-0.2, 0) is 11.3 Å². The van der Waals surface area contributed by atoms with Gasteiger partial charge < -0.3 is 9.84 Å². The summed E-state index contributed by atoms with van der Waals surface area (Å²) in [7, 11) is 0. The van der Waals surface area contributed by atoms with Crippen LogP contribution in [0.5, 0.6) is 0 Å². The lowest BCUT2D eigenvalue weighted by molar-refractivity contribution is -0.121. The second-order valence-electron chi connectivity index (χ2n) is 7.21. The van der Waals surface area contributed by atoms with E-state index in [1.165, 1.54) is 5.56 Å². The third-order valence-corrected chi connectivity index (χ3v) is 5.12. The van der Waals surface area contributed by atoms with Crippen molar-refractivity contribution in [3.05, 3.63) is 47.2 Å². The summed E-state index contributed by atoms with van der Waals surface area (Å²) >= 11 is 0. The van der Waals surface area contributed by atoms with Gasteiger partial charge in [-0.05, 0) is 44.0 Å². The Morgan fingerprint density at radius 2 is 2.07 bits per heavy atom. The summed E-state index contributed by atoms with van der Waals surface area (Å²) in [5.74, 6) is 1.12. The maximum atomic E-state index is 12.7. The quantitative estimate of drug-likeness (QED) is 0.828. The maximum absolute atomic E-state index is 12.7. The fourth-order valence-electron chi connectivity index (χ4n) is 3.65. The largest absolute Gasteiger partial charge is 0.360 e. The first-order chi connectivity index (χ1) is 13.6. The second kappa shape index (κ2) is 9.49. The molecule has 1 aromatic carbocycles. The fourth-order valence-corrected chi connectivity index (χ4v) is 3.65. The van der Waals surface area contributed by atoms with Crippen molar-refractivity contribution in [2.75, 3.05) is 31.5 Å². The van der Waals surface area contributed by atoms with Crippen LogP contribution >= 0.6 is 0 Å². The number of benzene rings is 1. The van der Waals surface area contributed by atoms with Gasteiger partial charge in [-0.2, -0.15) is 5.26 Å². The van der Waals surface area contributed by atoms with Crippen LogP contribution in [0.25, 0.3) is 0 Å². The highest BCUT2D eigenvalue weighted by atomic mass is 16.5. The minimum absolute atomic E-state index is 0.0312. The lowest BCUT2D eigenvalue weighted by Crippen LogP contribution is -2.45. The topological polar surface area (TPSA) is 85.4 Å². The van der Waals surface area contributed by atoms with E-state index < -0.39 is 0 Å². The monoisotopic (exact) mass is 381 g/mol. The molecule has 3 rings (SSSR count). The third kappa shape index (κ3) is 5.18. The standard InChI is InChI=1S/C21H27N5O2/c1-3-19(21(27)23-20-13-16(2)28-24-20)26-10-4-9-25(11-12-26)15-18-7-5-17(14-22)6-8-18/h5-8,13,19H,3-4,9-12,15H2,1-2H3,(H,23,24,27). The Morgan fingerprint density at radius 1 is 1.29 bits per heavy atom. The number of hydrogen-bond donors (Lipinski definition) is 1. The summed E-state index contributed by atoms with van der Waals surface area (Å²) in [4.78, 5) is 17.4. The van der Waals surface area contributed by atoms with Crippen molar-refractivity contribution in [2.45, 2.75) is 39.3 Å². The Labute approximate surface area is 165 Å². The zero-order chi connectivity index (χ0) is 19.9. The number of rotatable bonds is 6. The summed E-state index contributed by atoms with van der Waals surface area (Å²) in [6.45, 7) is 8.35. The molecule has 0 spiro atoms. The van der Waals surface area contributed by atoms with Crippen LogP contribution in [0.15, 0.2) is 34.9 Å². The number of aryl methyl sites for hydroxylation is 1. The minimum Gasteiger partial charge on any atom is -0.360 e. The van der Waals surface area contributed by atoms with Crippen LogP contribution in [0.1, 0.15) is 36.7 Å². The molecule has 1 N–H and O–H groups in total. The molecule has 0 aliphatic carbocycles. The van der Waals surface area contributed by atoms with Crippen molar-refractivity contribution >= 4 is 11.7 Å². The molecular weight excluding hydrogens is 354 g/mol. The predicted molar refractivity (Wildman–Crippen MR) is 107 cm³/mol. The minimum atomic E-state index is -0.174. The van der Waals surface area contributed by atoms with E-state index >= 15 is 0 Å². The van der Waals surface area contributed by atoms with Gasteiger partial charge in [-0.25, -0.2) is 0 Å². The molecule has 1 aliphatic heterocycles. The van der Waals surface area contributed by atoms with Crippen LogP contribution in [0.2, 0.25) is 0 Å². The fraction of sp³-hybridized carbons (Fsp3) is 0.476. The molecule has 0 bridgehead atoms. The molecule has 1 fully saturated rings. The number of amides is 1. The van der Waals surface area contributed by atoms with Gasteiger partial charge in [0, 0.05) is 32.2 Å². The molecule has 1 aliphatic rings. The van der Waals surface area contributed by atoms with E-state index in [-0.39, 0.29) is 11.9 Å². The van der Waals surface area contributed by atoms with E-state index in [2.05, 4.69) is 26.3 Å². The lowest BCUT2D eigenvalue weighted by Gasteiger charge is -2.28. The molecule has 2 aromatic rings. The zero-order valence-electron chi connectivity index (χ0n) is 16.5. The van der Waals surface area contributed by atoms with Crippen LogP contribution in [0.4, 0.5) is 5.82 Å². The number of nitrogens with zero attached hydrogens (tertiary/aromatic N) is 4. The Balaban J connectivity index is 1.56. The molecule has 28 heavy (non-hydrogen) atoms.